The summed E-state index contributed by atoms with van der Waals surface area (Å²) in [6.07, 6.45) is 0.327. The van der Waals surface area contributed by atoms with Gasteiger partial charge in [-0.15, -0.1) is 0 Å². The van der Waals surface area contributed by atoms with E-state index in [1.807, 2.05) is 6.92 Å². The van der Waals surface area contributed by atoms with Crippen molar-refractivity contribution >= 4 is 40.5 Å². The molecule has 2 bridgehead atoms. The molecule has 0 amide bonds. The third-order valence-electron chi connectivity index (χ3n) is 5.28. The zero-order valence-corrected chi connectivity index (χ0v) is 14.0. The standard InChI is InChI=1S/C14H17IO6/c1-3-13(2,15)11(18)20-8-6-4-7-9(8)21-12(19)14(7,5-6)10(16)17/h6-9H,3-5H2,1-2H3,(H,16,17). The minimum absolute atomic E-state index is 0.101. The molecule has 116 valence electrons. The second-order valence-corrected chi connectivity index (χ2v) is 8.75. The van der Waals surface area contributed by atoms with Gasteiger partial charge < -0.3 is 14.6 Å². The quantitative estimate of drug-likeness (QED) is 0.329. The van der Waals surface area contributed by atoms with Gasteiger partial charge >= 0.3 is 17.9 Å². The first-order chi connectivity index (χ1) is 9.74. The fourth-order valence-electron chi connectivity index (χ4n) is 3.84. The molecule has 7 heteroatoms. The Bertz CT molecular complexity index is 530. The Labute approximate surface area is 135 Å². The van der Waals surface area contributed by atoms with Crippen molar-refractivity contribution in [3.05, 3.63) is 0 Å². The van der Waals surface area contributed by atoms with Crippen LogP contribution in [0.15, 0.2) is 0 Å². The van der Waals surface area contributed by atoms with Crippen molar-refractivity contribution in [2.75, 3.05) is 0 Å². The van der Waals surface area contributed by atoms with Gasteiger partial charge in [0.25, 0.3) is 0 Å². The van der Waals surface area contributed by atoms with Crippen LogP contribution in [0.25, 0.3) is 0 Å². The van der Waals surface area contributed by atoms with Crippen molar-refractivity contribution in [3.63, 3.8) is 0 Å². The molecule has 2 aliphatic carbocycles. The van der Waals surface area contributed by atoms with Gasteiger partial charge in [-0.1, -0.05) is 29.5 Å². The molecule has 0 radical (unpaired) electrons. The van der Waals surface area contributed by atoms with Crippen molar-refractivity contribution in [2.45, 2.75) is 48.7 Å². The summed E-state index contributed by atoms with van der Waals surface area (Å²) >= 11 is 2.05. The summed E-state index contributed by atoms with van der Waals surface area (Å²) < 4.78 is 10.2. The van der Waals surface area contributed by atoms with Crippen LogP contribution in [-0.2, 0) is 23.9 Å². The van der Waals surface area contributed by atoms with E-state index in [-0.39, 0.29) is 24.2 Å². The fraction of sp³-hybridized carbons (Fsp3) is 0.786. The maximum atomic E-state index is 12.2. The van der Waals surface area contributed by atoms with Crippen molar-refractivity contribution in [3.8, 4) is 0 Å². The Balaban J connectivity index is 1.81. The predicted octanol–water partition coefficient (Wildman–Crippen LogP) is 1.54. The van der Waals surface area contributed by atoms with Gasteiger partial charge in [-0.05, 0) is 26.2 Å². The van der Waals surface area contributed by atoms with Crippen LogP contribution in [-0.4, -0.2) is 38.6 Å². The van der Waals surface area contributed by atoms with Crippen LogP contribution in [0.5, 0.6) is 0 Å². The molecule has 1 N–H and O–H groups in total. The number of aliphatic carboxylic acids is 1. The number of esters is 2. The molecule has 6 nitrogen and oxygen atoms in total. The van der Waals surface area contributed by atoms with Crippen molar-refractivity contribution in [2.24, 2.45) is 17.3 Å². The van der Waals surface area contributed by atoms with E-state index in [4.69, 9.17) is 9.47 Å². The lowest BCUT2D eigenvalue weighted by atomic mass is 9.73. The van der Waals surface area contributed by atoms with Crippen LogP contribution in [0, 0.1) is 17.3 Å². The lowest BCUT2D eigenvalue weighted by Crippen LogP contribution is -2.46. The number of carbonyl (C=O) groups excluding carboxylic acids is 2. The number of hydrogen-bond acceptors (Lipinski definition) is 5. The highest BCUT2D eigenvalue weighted by Gasteiger charge is 2.75. The fourth-order valence-corrected chi connectivity index (χ4v) is 3.96. The van der Waals surface area contributed by atoms with E-state index in [1.165, 1.54) is 0 Å². The van der Waals surface area contributed by atoms with E-state index in [0.717, 1.165) is 0 Å². The topological polar surface area (TPSA) is 89.9 Å². The monoisotopic (exact) mass is 408 g/mol. The molecular formula is C14H17IO6. The zero-order valence-electron chi connectivity index (χ0n) is 11.8. The summed E-state index contributed by atoms with van der Waals surface area (Å²) in [6, 6.07) is 0. The molecule has 3 aliphatic rings. The second kappa shape index (κ2) is 4.57. The Morgan fingerprint density at radius 1 is 1.57 bits per heavy atom. The van der Waals surface area contributed by atoms with E-state index in [0.29, 0.717) is 12.8 Å². The number of halogens is 1. The van der Waals surface area contributed by atoms with Gasteiger partial charge in [0.15, 0.2) is 5.41 Å². The molecule has 2 saturated carbocycles. The number of alkyl halides is 1. The molecule has 0 aromatic rings. The van der Waals surface area contributed by atoms with E-state index in [9.17, 15) is 19.5 Å². The highest BCUT2D eigenvalue weighted by Crippen LogP contribution is 2.62. The summed E-state index contributed by atoms with van der Waals surface area (Å²) in [4.78, 5) is 35.7. The number of carboxylic acid groups (broad SMARTS) is 1. The van der Waals surface area contributed by atoms with Crippen LogP contribution in [0.1, 0.15) is 33.1 Å². The maximum absolute atomic E-state index is 12.2. The van der Waals surface area contributed by atoms with Gasteiger partial charge in [-0.3, -0.25) is 14.4 Å². The largest absolute Gasteiger partial charge is 0.480 e. The first-order valence-corrected chi connectivity index (χ1v) is 8.16. The predicted molar refractivity (Wildman–Crippen MR) is 78.8 cm³/mol. The van der Waals surface area contributed by atoms with Gasteiger partial charge in [0.05, 0.1) is 0 Å². The number of rotatable bonds is 4. The highest BCUT2D eigenvalue weighted by atomic mass is 127. The lowest BCUT2D eigenvalue weighted by molar-refractivity contribution is -0.164. The second-order valence-electron chi connectivity index (χ2n) is 6.37. The molecule has 0 aromatic carbocycles. The highest BCUT2D eigenvalue weighted by molar-refractivity contribution is 14.1. The van der Waals surface area contributed by atoms with Crippen LogP contribution in [0.4, 0.5) is 0 Å². The van der Waals surface area contributed by atoms with Gasteiger partial charge in [-0.25, -0.2) is 0 Å². The molecule has 6 unspecified atom stereocenters. The van der Waals surface area contributed by atoms with E-state index in [2.05, 4.69) is 22.6 Å². The molecule has 21 heavy (non-hydrogen) atoms. The number of fused-ring (bicyclic) bond motifs is 1. The third-order valence-corrected chi connectivity index (χ3v) is 6.48. The molecular weight excluding hydrogens is 391 g/mol. The molecule has 0 aromatic heterocycles. The summed E-state index contributed by atoms with van der Waals surface area (Å²) in [5.74, 6) is -2.58. The zero-order chi connectivity index (χ0) is 15.6. The molecule has 3 rings (SSSR count). The Kier molecular flexibility index (Phi) is 3.27. The summed E-state index contributed by atoms with van der Waals surface area (Å²) in [5.41, 5.74) is -1.41. The maximum Gasteiger partial charge on any atom is 0.324 e. The Morgan fingerprint density at radius 2 is 2.24 bits per heavy atom. The first kappa shape index (κ1) is 15.1. The SMILES string of the molecule is CCC(C)(I)C(=O)OC1C2CC3C1OC(=O)C3(C(=O)O)C2. The molecule has 1 aliphatic heterocycles. The van der Waals surface area contributed by atoms with Gasteiger partial charge in [0.2, 0.25) is 0 Å². The number of hydrogen-bond donors (Lipinski definition) is 1. The summed E-state index contributed by atoms with van der Waals surface area (Å²) in [7, 11) is 0. The minimum atomic E-state index is -1.41. The summed E-state index contributed by atoms with van der Waals surface area (Å²) in [6.45, 7) is 3.70. The average Bonchev–Trinajstić information content (AvgIpc) is 3.00. The van der Waals surface area contributed by atoms with Crippen molar-refractivity contribution < 1.29 is 29.0 Å². The van der Waals surface area contributed by atoms with Gasteiger partial charge in [-0.2, -0.15) is 0 Å². The molecule has 6 atom stereocenters. The Morgan fingerprint density at radius 3 is 2.81 bits per heavy atom. The van der Waals surface area contributed by atoms with Gasteiger partial charge in [0, 0.05) is 11.8 Å². The average molecular weight is 408 g/mol. The van der Waals surface area contributed by atoms with Crippen LogP contribution < -0.4 is 0 Å². The normalized spacial score (nSPS) is 42.5. The van der Waals surface area contributed by atoms with Gasteiger partial charge in [0.1, 0.15) is 15.6 Å². The lowest BCUT2D eigenvalue weighted by Gasteiger charge is -2.31. The number of carbonyl (C=O) groups is 3. The molecule has 1 saturated heterocycles. The number of carboxylic acids is 1. The van der Waals surface area contributed by atoms with E-state index >= 15 is 0 Å². The number of ether oxygens (including phenoxy) is 2. The van der Waals surface area contributed by atoms with Crippen LogP contribution in [0.3, 0.4) is 0 Å². The minimum Gasteiger partial charge on any atom is -0.480 e. The van der Waals surface area contributed by atoms with E-state index in [1.54, 1.807) is 6.92 Å². The smallest absolute Gasteiger partial charge is 0.324 e. The van der Waals surface area contributed by atoms with Crippen LogP contribution >= 0.6 is 22.6 Å². The molecule has 0 spiro atoms. The van der Waals surface area contributed by atoms with E-state index < -0.39 is 33.0 Å². The van der Waals surface area contributed by atoms with Crippen molar-refractivity contribution in [1.82, 2.24) is 0 Å². The van der Waals surface area contributed by atoms with Crippen LogP contribution in [0.2, 0.25) is 0 Å². The molecule has 3 fully saturated rings. The molecule has 1 heterocycles. The Hall–Kier alpha value is -0.860. The third kappa shape index (κ3) is 1.85. The van der Waals surface area contributed by atoms with Crippen molar-refractivity contribution in [1.29, 1.82) is 0 Å². The first-order valence-electron chi connectivity index (χ1n) is 7.08. The summed E-state index contributed by atoms with van der Waals surface area (Å²) in [5, 5.41) is 9.41.